The first kappa shape index (κ1) is 28.7. The normalized spacial score (nSPS) is 21.3. The maximum absolute atomic E-state index is 12.9. The summed E-state index contributed by atoms with van der Waals surface area (Å²) in [6.45, 7) is 2.70. The van der Waals surface area contributed by atoms with Crippen molar-refractivity contribution in [2.75, 3.05) is 50.2 Å². The van der Waals surface area contributed by atoms with E-state index in [1.807, 2.05) is 18.2 Å². The zero-order chi connectivity index (χ0) is 26.9. The molecule has 4 rings (SSSR count). The number of nitrogens with zero attached hydrogens (tertiary/aromatic N) is 1. The first-order valence-corrected chi connectivity index (χ1v) is 14.4. The molecule has 1 heterocycles. The number of ether oxygens (including phenoxy) is 2. The topological polar surface area (TPSA) is 114 Å². The van der Waals surface area contributed by atoms with Gasteiger partial charge in [0, 0.05) is 45.9 Å². The summed E-state index contributed by atoms with van der Waals surface area (Å²) in [6, 6.07) is 9.89. The molecule has 210 valence electrons. The van der Waals surface area contributed by atoms with Crippen molar-refractivity contribution in [2.24, 2.45) is 17.6 Å². The van der Waals surface area contributed by atoms with Crippen molar-refractivity contribution in [3.8, 4) is 0 Å². The predicted octanol–water partition coefficient (Wildman–Crippen LogP) is 3.36. The molecule has 2 fully saturated rings. The first-order valence-electron chi connectivity index (χ1n) is 14.4. The highest BCUT2D eigenvalue weighted by molar-refractivity contribution is 5.75. The number of benzene rings is 1. The molecule has 4 atom stereocenters. The number of piperidine rings is 1. The number of hydrogen-bond donors (Lipinski definition) is 3. The molecule has 2 aromatic carbocycles. The van der Waals surface area contributed by atoms with Crippen LogP contribution in [-0.4, -0.2) is 57.2 Å². The number of nitrogens with one attached hydrogen (secondary N) is 1. The van der Waals surface area contributed by atoms with Crippen LogP contribution in [-0.2, 0) is 9.47 Å². The SMILES string of the molecule is COCCCOC(c1ccccc1)[C@@H]1CCCN(c2c(N[C@@H](CC3CCCCC3)[C@@H](O)CN)c(=O)c2=O)C1. The van der Waals surface area contributed by atoms with Crippen molar-refractivity contribution in [3.05, 3.63) is 56.3 Å². The molecule has 0 radical (unpaired) electrons. The minimum Gasteiger partial charge on any atom is -0.390 e. The van der Waals surface area contributed by atoms with Crippen LogP contribution in [0.25, 0.3) is 0 Å². The molecular formula is C30H45N3O5. The van der Waals surface area contributed by atoms with Gasteiger partial charge < -0.3 is 30.5 Å². The van der Waals surface area contributed by atoms with Gasteiger partial charge in [0.05, 0.1) is 18.2 Å². The number of anilines is 2. The molecule has 1 saturated carbocycles. The molecule has 1 saturated heterocycles. The fraction of sp³-hybridized carbons (Fsp3) is 0.667. The van der Waals surface area contributed by atoms with Crippen LogP contribution in [0.4, 0.5) is 11.4 Å². The molecule has 0 bridgehead atoms. The third-order valence-corrected chi connectivity index (χ3v) is 8.35. The lowest BCUT2D eigenvalue weighted by Crippen LogP contribution is -2.50. The average Bonchev–Trinajstić information content (AvgIpc) is 2.96. The highest BCUT2D eigenvalue weighted by atomic mass is 16.5. The molecule has 1 aliphatic heterocycles. The molecule has 8 nitrogen and oxygen atoms in total. The Morgan fingerprint density at radius 1 is 1.05 bits per heavy atom. The number of aliphatic hydroxyl groups is 1. The van der Waals surface area contributed by atoms with Crippen molar-refractivity contribution in [1.82, 2.24) is 0 Å². The maximum Gasteiger partial charge on any atom is 0.253 e. The van der Waals surface area contributed by atoms with Crippen LogP contribution in [0.15, 0.2) is 39.9 Å². The van der Waals surface area contributed by atoms with Gasteiger partial charge in [-0.25, -0.2) is 0 Å². The minimum absolute atomic E-state index is 0.100. The second-order valence-corrected chi connectivity index (χ2v) is 11.1. The van der Waals surface area contributed by atoms with E-state index in [1.54, 1.807) is 7.11 Å². The fourth-order valence-corrected chi connectivity index (χ4v) is 6.28. The summed E-state index contributed by atoms with van der Waals surface area (Å²) < 4.78 is 11.6. The molecule has 2 aliphatic rings. The fourth-order valence-electron chi connectivity index (χ4n) is 6.28. The van der Waals surface area contributed by atoms with E-state index in [9.17, 15) is 14.7 Å². The van der Waals surface area contributed by atoms with Gasteiger partial charge >= 0.3 is 0 Å². The van der Waals surface area contributed by atoms with E-state index in [-0.39, 0.29) is 24.6 Å². The van der Waals surface area contributed by atoms with E-state index in [4.69, 9.17) is 15.2 Å². The third-order valence-electron chi connectivity index (χ3n) is 8.35. The van der Waals surface area contributed by atoms with Crippen molar-refractivity contribution >= 4 is 11.4 Å². The van der Waals surface area contributed by atoms with E-state index in [1.165, 1.54) is 19.3 Å². The molecule has 0 aromatic heterocycles. The second kappa shape index (κ2) is 14.2. The van der Waals surface area contributed by atoms with Crippen LogP contribution >= 0.6 is 0 Å². The van der Waals surface area contributed by atoms with Crippen LogP contribution in [0.2, 0.25) is 0 Å². The van der Waals surface area contributed by atoms with Crippen molar-refractivity contribution in [2.45, 2.75) is 76.0 Å². The first-order chi connectivity index (χ1) is 18.5. The van der Waals surface area contributed by atoms with Gasteiger partial charge in [0.1, 0.15) is 11.4 Å². The Balaban J connectivity index is 1.50. The summed E-state index contributed by atoms with van der Waals surface area (Å²) in [4.78, 5) is 27.7. The maximum atomic E-state index is 12.9. The van der Waals surface area contributed by atoms with Gasteiger partial charge in [-0.05, 0) is 37.2 Å². The summed E-state index contributed by atoms with van der Waals surface area (Å²) in [7, 11) is 1.69. The molecule has 4 N–H and O–H groups in total. The summed E-state index contributed by atoms with van der Waals surface area (Å²) in [6.07, 6.45) is 8.51. The minimum atomic E-state index is -0.772. The standard InChI is InChI=1S/C30H45N3O5/c1-37-16-9-17-38-30(22-12-6-3-7-13-22)23-14-8-15-33(20-23)27-26(28(35)29(27)36)32-24(25(34)19-31)18-21-10-4-2-5-11-21/h3,6-7,12-13,21,23-25,30,32,34H,2,4-5,8-11,14-20,31H2,1H3/t23-,24+,25+,30?/m1/s1. The summed E-state index contributed by atoms with van der Waals surface area (Å²) in [5, 5.41) is 14.0. The van der Waals surface area contributed by atoms with Gasteiger partial charge in [0.2, 0.25) is 0 Å². The third kappa shape index (κ3) is 7.03. The monoisotopic (exact) mass is 527 g/mol. The second-order valence-electron chi connectivity index (χ2n) is 11.1. The predicted molar refractivity (Wildman–Crippen MR) is 152 cm³/mol. The number of rotatable bonds is 14. The molecule has 0 amide bonds. The Hall–Kier alpha value is -2.26. The summed E-state index contributed by atoms with van der Waals surface area (Å²) in [5.41, 5.74) is 6.83. The number of nitrogens with two attached hydrogens (primary N) is 1. The van der Waals surface area contributed by atoms with Crippen LogP contribution in [0, 0.1) is 11.8 Å². The van der Waals surface area contributed by atoms with Gasteiger partial charge in [-0.1, -0.05) is 62.4 Å². The molecular weight excluding hydrogens is 482 g/mol. The zero-order valence-corrected chi connectivity index (χ0v) is 22.8. The Morgan fingerprint density at radius 2 is 1.82 bits per heavy atom. The Labute approximate surface area is 226 Å². The lowest BCUT2D eigenvalue weighted by atomic mass is 9.83. The van der Waals surface area contributed by atoms with Gasteiger partial charge in [-0.15, -0.1) is 0 Å². The van der Waals surface area contributed by atoms with Crippen LogP contribution in [0.3, 0.4) is 0 Å². The quantitative estimate of drug-likeness (QED) is 0.253. The van der Waals surface area contributed by atoms with E-state index < -0.39 is 17.0 Å². The van der Waals surface area contributed by atoms with Crippen LogP contribution in [0.1, 0.15) is 69.5 Å². The van der Waals surface area contributed by atoms with E-state index >= 15 is 0 Å². The highest BCUT2D eigenvalue weighted by Crippen LogP contribution is 2.36. The van der Waals surface area contributed by atoms with Crippen molar-refractivity contribution in [1.29, 1.82) is 0 Å². The smallest absolute Gasteiger partial charge is 0.253 e. The number of methoxy groups -OCH3 is 1. The van der Waals surface area contributed by atoms with Crippen LogP contribution in [0.5, 0.6) is 0 Å². The zero-order valence-electron chi connectivity index (χ0n) is 22.8. The average molecular weight is 528 g/mol. The Bertz CT molecular complexity index is 1050. The highest BCUT2D eigenvalue weighted by Gasteiger charge is 2.35. The molecule has 2 aromatic rings. The van der Waals surface area contributed by atoms with Crippen molar-refractivity contribution < 1.29 is 14.6 Å². The van der Waals surface area contributed by atoms with Gasteiger partial charge in [-0.2, -0.15) is 0 Å². The molecule has 0 spiro atoms. The Morgan fingerprint density at radius 3 is 2.53 bits per heavy atom. The van der Waals surface area contributed by atoms with E-state index in [2.05, 4.69) is 22.3 Å². The largest absolute Gasteiger partial charge is 0.390 e. The lowest BCUT2D eigenvalue weighted by molar-refractivity contribution is -0.00235. The summed E-state index contributed by atoms with van der Waals surface area (Å²) >= 11 is 0. The molecule has 38 heavy (non-hydrogen) atoms. The number of aliphatic hydroxyl groups excluding tert-OH is 1. The lowest BCUT2D eigenvalue weighted by Gasteiger charge is -2.39. The Kier molecular flexibility index (Phi) is 10.8. The van der Waals surface area contributed by atoms with Gasteiger partial charge in [-0.3, -0.25) is 9.59 Å². The molecule has 1 aliphatic carbocycles. The summed E-state index contributed by atoms with van der Waals surface area (Å²) in [5.74, 6) is 0.678. The van der Waals surface area contributed by atoms with Crippen LogP contribution < -0.4 is 26.8 Å². The van der Waals surface area contributed by atoms with Gasteiger partial charge in [0.15, 0.2) is 0 Å². The number of hydrogen-bond acceptors (Lipinski definition) is 8. The molecule has 1 unspecified atom stereocenters. The van der Waals surface area contributed by atoms with E-state index in [0.29, 0.717) is 43.6 Å². The van der Waals surface area contributed by atoms with Gasteiger partial charge in [0.25, 0.3) is 10.9 Å². The molecule has 8 heteroatoms. The van der Waals surface area contributed by atoms with Crippen molar-refractivity contribution in [3.63, 3.8) is 0 Å². The van der Waals surface area contributed by atoms with E-state index in [0.717, 1.165) is 44.1 Å².